The van der Waals surface area contributed by atoms with Crippen molar-refractivity contribution in [3.8, 4) is 0 Å². The quantitative estimate of drug-likeness (QED) is 0.822. The molecule has 0 saturated heterocycles. The Morgan fingerprint density at radius 3 is 2.75 bits per heavy atom. The number of nitrogens with zero attached hydrogens (tertiary/aromatic N) is 4. The molecule has 0 saturated carbocycles. The highest BCUT2D eigenvalue weighted by Crippen LogP contribution is 2.23. The molecule has 112 valence electrons. The van der Waals surface area contributed by atoms with E-state index in [1.165, 1.54) is 0 Å². The average Bonchev–Trinajstić information content (AvgIpc) is 2.97. The van der Waals surface area contributed by atoms with Crippen LogP contribution < -0.4 is 5.73 Å². The van der Waals surface area contributed by atoms with E-state index in [-0.39, 0.29) is 12.4 Å². The zero-order valence-corrected chi connectivity index (χ0v) is 13.5. The van der Waals surface area contributed by atoms with Gasteiger partial charge in [-0.2, -0.15) is 0 Å². The molecular weight excluding hydrogens is 298 g/mol. The lowest BCUT2D eigenvalue weighted by molar-refractivity contribution is 0.385. The average molecular weight is 318 g/mol. The predicted molar refractivity (Wildman–Crippen MR) is 81.2 cm³/mol. The van der Waals surface area contributed by atoms with Gasteiger partial charge < -0.3 is 14.8 Å². The van der Waals surface area contributed by atoms with Crippen LogP contribution in [0.3, 0.4) is 0 Å². The van der Waals surface area contributed by atoms with Crippen molar-refractivity contribution in [1.29, 1.82) is 0 Å². The van der Waals surface area contributed by atoms with E-state index in [9.17, 15) is 0 Å². The molecule has 0 aliphatic rings. The summed E-state index contributed by atoms with van der Waals surface area (Å²) in [6.07, 6.45) is 0.740. The third kappa shape index (κ3) is 3.97. The Morgan fingerprint density at radius 2 is 2.15 bits per heavy atom. The Hall–Kier alpha value is -1.05. The van der Waals surface area contributed by atoms with Gasteiger partial charge in [0.2, 0.25) is 0 Å². The van der Waals surface area contributed by atoms with Crippen LogP contribution >= 0.6 is 24.2 Å². The molecule has 2 rings (SSSR count). The first-order valence-corrected chi connectivity index (χ1v) is 7.27. The van der Waals surface area contributed by atoms with E-state index < -0.39 is 0 Å². The maximum absolute atomic E-state index is 5.52. The van der Waals surface area contributed by atoms with Crippen molar-refractivity contribution in [2.75, 3.05) is 6.54 Å². The fourth-order valence-corrected chi connectivity index (χ4v) is 2.43. The summed E-state index contributed by atoms with van der Waals surface area (Å²) in [5, 5.41) is 13.2. The Balaban J connectivity index is 0.00000200. The summed E-state index contributed by atoms with van der Waals surface area (Å²) < 4.78 is 7.26. The molecule has 2 aromatic heterocycles. The van der Waals surface area contributed by atoms with Gasteiger partial charge in [-0.1, -0.05) is 30.8 Å². The largest absolute Gasteiger partial charge is 0.360 e. The van der Waals surface area contributed by atoms with Crippen molar-refractivity contribution >= 4 is 24.2 Å². The van der Waals surface area contributed by atoms with E-state index in [0.29, 0.717) is 18.2 Å². The van der Waals surface area contributed by atoms with Gasteiger partial charge in [0.25, 0.3) is 0 Å². The zero-order valence-electron chi connectivity index (χ0n) is 11.9. The molecule has 0 radical (unpaired) electrons. The minimum atomic E-state index is 0. The standard InChI is InChI=1S/C12H19N5OS.ClH/c1-8(2)10-6-9(18-16-10)7-19-12-15-14-11(4-5-13)17(12)3;/h6,8H,4-5,7,13H2,1-3H3;1H. The second-order valence-corrected chi connectivity index (χ2v) is 5.60. The van der Waals surface area contributed by atoms with E-state index in [0.717, 1.165) is 28.9 Å². The minimum Gasteiger partial charge on any atom is -0.360 e. The Kier molecular flexibility index (Phi) is 6.51. The summed E-state index contributed by atoms with van der Waals surface area (Å²) in [5.74, 6) is 2.85. The number of halogens is 1. The van der Waals surface area contributed by atoms with Crippen LogP contribution in [0.2, 0.25) is 0 Å². The van der Waals surface area contributed by atoms with Gasteiger partial charge in [-0.15, -0.1) is 22.6 Å². The van der Waals surface area contributed by atoms with Crippen molar-refractivity contribution in [3.05, 3.63) is 23.3 Å². The number of rotatable bonds is 6. The van der Waals surface area contributed by atoms with Crippen molar-refractivity contribution in [1.82, 2.24) is 19.9 Å². The third-order valence-corrected chi connectivity index (χ3v) is 3.85. The molecule has 0 aliphatic carbocycles. The number of thioether (sulfide) groups is 1. The molecule has 2 aromatic rings. The van der Waals surface area contributed by atoms with Gasteiger partial charge in [0.05, 0.1) is 11.4 Å². The first-order chi connectivity index (χ1) is 9.11. The molecule has 0 atom stereocenters. The van der Waals surface area contributed by atoms with Crippen molar-refractivity contribution in [2.45, 2.75) is 37.1 Å². The molecule has 2 heterocycles. The van der Waals surface area contributed by atoms with Gasteiger partial charge in [0, 0.05) is 19.5 Å². The normalized spacial score (nSPS) is 10.8. The van der Waals surface area contributed by atoms with Crippen LogP contribution in [0.25, 0.3) is 0 Å². The summed E-state index contributed by atoms with van der Waals surface area (Å²) in [6, 6.07) is 1.99. The maximum Gasteiger partial charge on any atom is 0.191 e. The van der Waals surface area contributed by atoms with Gasteiger partial charge in [0.15, 0.2) is 5.16 Å². The van der Waals surface area contributed by atoms with Crippen LogP contribution in [0.5, 0.6) is 0 Å². The molecule has 0 amide bonds. The van der Waals surface area contributed by atoms with Crippen molar-refractivity contribution < 1.29 is 4.52 Å². The first kappa shape index (κ1) is 17.0. The van der Waals surface area contributed by atoms with Gasteiger partial charge in [-0.3, -0.25) is 0 Å². The molecule has 8 heteroatoms. The Bertz CT molecular complexity index is 540. The van der Waals surface area contributed by atoms with E-state index in [2.05, 4.69) is 29.2 Å². The highest BCUT2D eigenvalue weighted by Gasteiger charge is 2.12. The topological polar surface area (TPSA) is 82.8 Å². The summed E-state index contributed by atoms with van der Waals surface area (Å²) in [7, 11) is 1.95. The van der Waals surface area contributed by atoms with Crippen LogP contribution in [-0.2, 0) is 19.2 Å². The minimum absolute atomic E-state index is 0. The number of nitrogens with two attached hydrogens (primary N) is 1. The summed E-state index contributed by atoms with van der Waals surface area (Å²) in [5.41, 5.74) is 6.51. The predicted octanol–water partition coefficient (Wildman–Crippen LogP) is 2.14. The van der Waals surface area contributed by atoms with Gasteiger partial charge in [-0.25, -0.2) is 0 Å². The molecule has 20 heavy (non-hydrogen) atoms. The monoisotopic (exact) mass is 317 g/mol. The van der Waals surface area contributed by atoms with E-state index in [1.54, 1.807) is 11.8 Å². The van der Waals surface area contributed by atoms with Crippen LogP contribution in [0.15, 0.2) is 15.7 Å². The molecule has 0 aliphatic heterocycles. The lowest BCUT2D eigenvalue weighted by atomic mass is 10.1. The fourth-order valence-electron chi connectivity index (χ4n) is 1.62. The summed E-state index contributed by atoms with van der Waals surface area (Å²) in [6.45, 7) is 4.77. The van der Waals surface area contributed by atoms with E-state index in [4.69, 9.17) is 10.3 Å². The SMILES string of the molecule is CC(C)c1cc(CSc2nnc(CCN)n2C)on1.Cl. The zero-order chi connectivity index (χ0) is 13.8. The van der Waals surface area contributed by atoms with Crippen LogP contribution in [-0.4, -0.2) is 26.5 Å². The van der Waals surface area contributed by atoms with Crippen molar-refractivity contribution in [2.24, 2.45) is 12.8 Å². The summed E-state index contributed by atoms with van der Waals surface area (Å²) in [4.78, 5) is 0. The van der Waals surface area contributed by atoms with Crippen LogP contribution in [0, 0.1) is 0 Å². The van der Waals surface area contributed by atoms with Crippen molar-refractivity contribution in [3.63, 3.8) is 0 Å². The van der Waals surface area contributed by atoms with Crippen LogP contribution in [0.1, 0.15) is 37.0 Å². The molecule has 0 fully saturated rings. The lowest BCUT2D eigenvalue weighted by Gasteiger charge is -2.01. The third-order valence-electron chi connectivity index (χ3n) is 2.81. The number of aromatic nitrogens is 4. The highest BCUT2D eigenvalue weighted by molar-refractivity contribution is 7.98. The molecule has 2 N–H and O–H groups in total. The second kappa shape index (κ2) is 7.66. The van der Waals surface area contributed by atoms with E-state index >= 15 is 0 Å². The molecular formula is C12H20ClN5OS. The molecule has 0 aromatic carbocycles. The number of hydrogen-bond acceptors (Lipinski definition) is 6. The molecule has 0 spiro atoms. The maximum atomic E-state index is 5.52. The fraction of sp³-hybridized carbons (Fsp3) is 0.583. The Morgan fingerprint density at radius 1 is 1.40 bits per heavy atom. The van der Waals surface area contributed by atoms with Gasteiger partial charge >= 0.3 is 0 Å². The van der Waals surface area contributed by atoms with Crippen LogP contribution in [0.4, 0.5) is 0 Å². The molecule has 0 unspecified atom stereocenters. The van der Waals surface area contributed by atoms with Gasteiger partial charge in [0.1, 0.15) is 11.6 Å². The first-order valence-electron chi connectivity index (χ1n) is 6.28. The summed E-state index contributed by atoms with van der Waals surface area (Å²) >= 11 is 1.59. The number of hydrogen-bond donors (Lipinski definition) is 1. The molecule has 6 nitrogen and oxygen atoms in total. The van der Waals surface area contributed by atoms with E-state index in [1.807, 2.05) is 17.7 Å². The smallest absolute Gasteiger partial charge is 0.191 e. The second-order valence-electron chi connectivity index (χ2n) is 4.66. The van der Waals surface area contributed by atoms with Gasteiger partial charge in [-0.05, 0) is 12.5 Å². The Labute approximate surface area is 128 Å². The lowest BCUT2D eigenvalue weighted by Crippen LogP contribution is -2.08. The molecule has 0 bridgehead atoms. The highest BCUT2D eigenvalue weighted by atomic mass is 35.5.